The summed E-state index contributed by atoms with van der Waals surface area (Å²) in [6.07, 6.45) is 3.44. The van der Waals surface area contributed by atoms with E-state index in [1.165, 1.54) is 29.0 Å². The van der Waals surface area contributed by atoms with Crippen molar-refractivity contribution in [2.45, 2.75) is 31.5 Å². The number of nitrogens with two attached hydrogens (primary N) is 1. The number of nitrogens with one attached hydrogen (secondary N) is 2. The first kappa shape index (κ1) is 18.7. The highest BCUT2D eigenvalue weighted by Crippen LogP contribution is 2.44. The van der Waals surface area contributed by atoms with Crippen molar-refractivity contribution in [1.82, 2.24) is 10.3 Å². The van der Waals surface area contributed by atoms with Crippen molar-refractivity contribution in [3.8, 4) is 0 Å². The molecule has 0 aliphatic carbocycles. The van der Waals surface area contributed by atoms with E-state index in [0.717, 1.165) is 43.2 Å². The summed E-state index contributed by atoms with van der Waals surface area (Å²) in [6.45, 7) is 2.82. The summed E-state index contributed by atoms with van der Waals surface area (Å²) in [4.78, 5) is 7.05. The SMILES string of the molecule is COCCC1Nc2c(N)nc3ccccc3c2N1CCCCNC1CSC1. The zero-order valence-electron chi connectivity index (χ0n) is 15.9. The zero-order valence-corrected chi connectivity index (χ0v) is 16.7. The van der Waals surface area contributed by atoms with Crippen molar-refractivity contribution in [2.75, 3.05) is 54.3 Å². The second-order valence-electron chi connectivity index (χ2n) is 7.27. The number of fused-ring (bicyclic) bond motifs is 3. The van der Waals surface area contributed by atoms with Crippen molar-refractivity contribution < 1.29 is 4.74 Å². The number of methoxy groups -OCH3 is 1. The summed E-state index contributed by atoms with van der Waals surface area (Å²) >= 11 is 2.02. The van der Waals surface area contributed by atoms with Crippen LogP contribution in [0.3, 0.4) is 0 Å². The molecule has 4 rings (SSSR count). The predicted octanol–water partition coefficient (Wildman–Crippen LogP) is 2.90. The molecule has 1 atom stereocenters. The number of benzene rings is 1. The molecule has 0 amide bonds. The van der Waals surface area contributed by atoms with Gasteiger partial charge in [0.1, 0.15) is 17.7 Å². The van der Waals surface area contributed by atoms with Crippen LogP contribution in [0.25, 0.3) is 10.9 Å². The number of nitrogens with zero attached hydrogens (tertiary/aromatic N) is 2. The van der Waals surface area contributed by atoms with Gasteiger partial charge in [0.25, 0.3) is 0 Å². The van der Waals surface area contributed by atoms with Crippen LogP contribution in [-0.4, -0.2) is 55.5 Å². The molecule has 1 fully saturated rings. The number of aromatic nitrogens is 1. The third-order valence-electron chi connectivity index (χ3n) is 5.36. The topological polar surface area (TPSA) is 75.4 Å². The largest absolute Gasteiger partial charge is 0.385 e. The smallest absolute Gasteiger partial charge is 0.149 e. The van der Waals surface area contributed by atoms with Gasteiger partial charge in [-0.05, 0) is 25.5 Å². The highest BCUT2D eigenvalue weighted by atomic mass is 32.2. The van der Waals surface area contributed by atoms with Gasteiger partial charge in [0.15, 0.2) is 0 Å². The Morgan fingerprint density at radius 1 is 1.33 bits per heavy atom. The summed E-state index contributed by atoms with van der Waals surface area (Å²) < 4.78 is 5.33. The fourth-order valence-electron chi connectivity index (χ4n) is 3.85. The quantitative estimate of drug-likeness (QED) is 0.571. The lowest BCUT2D eigenvalue weighted by Crippen LogP contribution is -2.41. The van der Waals surface area contributed by atoms with Crippen LogP contribution in [0.4, 0.5) is 17.2 Å². The number of para-hydroxylation sites is 1. The molecule has 4 N–H and O–H groups in total. The van der Waals surface area contributed by atoms with E-state index in [-0.39, 0.29) is 6.17 Å². The van der Waals surface area contributed by atoms with Crippen molar-refractivity contribution in [3.05, 3.63) is 24.3 Å². The van der Waals surface area contributed by atoms with Crippen LogP contribution < -0.4 is 21.3 Å². The second-order valence-corrected chi connectivity index (χ2v) is 8.34. The van der Waals surface area contributed by atoms with E-state index >= 15 is 0 Å². The molecule has 1 saturated heterocycles. The molecule has 6 nitrogen and oxygen atoms in total. The molecule has 0 spiro atoms. The monoisotopic (exact) mass is 387 g/mol. The highest BCUT2D eigenvalue weighted by molar-refractivity contribution is 8.00. The summed E-state index contributed by atoms with van der Waals surface area (Å²) in [7, 11) is 1.75. The number of thioether (sulfide) groups is 1. The summed E-state index contributed by atoms with van der Waals surface area (Å²) in [5.74, 6) is 3.11. The normalized spacial score (nSPS) is 19.1. The third kappa shape index (κ3) is 3.95. The van der Waals surface area contributed by atoms with Crippen LogP contribution in [0.5, 0.6) is 0 Å². The summed E-state index contributed by atoms with van der Waals surface area (Å²) in [6, 6.07) is 8.99. The Bertz CT molecular complexity index is 782. The van der Waals surface area contributed by atoms with Crippen molar-refractivity contribution in [1.29, 1.82) is 0 Å². The van der Waals surface area contributed by atoms with E-state index < -0.39 is 0 Å². The average Bonchev–Trinajstić information content (AvgIpc) is 3.01. The molecule has 1 aromatic heterocycles. The Balaban J connectivity index is 1.50. The first-order valence-electron chi connectivity index (χ1n) is 9.79. The minimum atomic E-state index is 0.200. The molecule has 0 saturated carbocycles. The van der Waals surface area contributed by atoms with Crippen molar-refractivity contribution >= 4 is 39.9 Å². The van der Waals surface area contributed by atoms with E-state index in [1.807, 2.05) is 23.9 Å². The van der Waals surface area contributed by atoms with E-state index in [9.17, 15) is 0 Å². The highest BCUT2D eigenvalue weighted by Gasteiger charge is 2.32. The molecule has 2 aromatic rings. The summed E-state index contributed by atoms with van der Waals surface area (Å²) in [5.41, 5.74) is 9.40. The summed E-state index contributed by atoms with van der Waals surface area (Å²) in [5, 5.41) is 8.41. The Morgan fingerprint density at radius 3 is 2.96 bits per heavy atom. The molecule has 2 aliphatic heterocycles. The Labute approximate surface area is 165 Å². The minimum absolute atomic E-state index is 0.200. The fraction of sp³-hybridized carbons (Fsp3) is 0.550. The molecule has 146 valence electrons. The lowest BCUT2D eigenvalue weighted by molar-refractivity contribution is 0.189. The van der Waals surface area contributed by atoms with Crippen LogP contribution in [0.1, 0.15) is 19.3 Å². The van der Waals surface area contributed by atoms with Gasteiger partial charge >= 0.3 is 0 Å². The van der Waals surface area contributed by atoms with Crippen LogP contribution >= 0.6 is 11.8 Å². The lowest BCUT2D eigenvalue weighted by atomic mass is 10.1. The molecule has 0 bridgehead atoms. The number of ether oxygens (including phenoxy) is 1. The molecule has 1 unspecified atom stereocenters. The molecule has 2 aliphatic rings. The van der Waals surface area contributed by atoms with Crippen LogP contribution in [-0.2, 0) is 4.74 Å². The number of rotatable bonds is 9. The van der Waals surface area contributed by atoms with E-state index in [1.54, 1.807) is 7.11 Å². The number of unbranched alkanes of at least 4 members (excludes halogenated alkanes) is 1. The molecule has 0 radical (unpaired) electrons. The van der Waals surface area contributed by atoms with Gasteiger partial charge in [0, 0.05) is 49.6 Å². The number of pyridine rings is 1. The maximum atomic E-state index is 6.28. The van der Waals surface area contributed by atoms with Gasteiger partial charge in [-0.2, -0.15) is 11.8 Å². The Morgan fingerprint density at radius 2 is 2.19 bits per heavy atom. The number of hydrogen-bond donors (Lipinski definition) is 3. The van der Waals surface area contributed by atoms with Gasteiger partial charge in [0.05, 0.1) is 11.2 Å². The Hall–Kier alpha value is -1.70. The molecular formula is C20H29N5OS. The molecule has 3 heterocycles. The number of hydrogen-bond acceptors (Lipinski definition) is 7. The second kappa shape index (κ2) is 8.54. The van der Waals surface area contributed by atoms with Gasteiger partial charge in [-0.25, -0.2) is 4.98 Å². The van der Waals surface area contributed by atoms with Gasteiger partial charge in [-0.3, -0.25) is 0 Å². The zero-order chi connectivity index (χ0) is 18.6. The van der Waals surface area contributed by atoms with Crippen LogP contribution in [0, 0.1) is 0 Å². The van der Waals surface area contributed by atoms with Crippen molar-refractivity contribution in [3.63, 3.8) is 0 Å². The maximum Gasteiger partial charge on any atom is 0.149 e. The Kier molecular flexibility index (Phi) is 5.90. The van der Waals surface area contributed by atoms with Gasteiger partial charge in [-0.15, -0.1) is 0 Å². The molecule has 27 heavy (non-hydrogen) atoms. The maximum absolute atomic E-state index is 6.28. The molecule has 1 aromatic carbocycles. The third-order valence-corrected chi connectivity index (χ3v) is 6.64. The van der Waals surface area contributed by atoms with E-state index in [4.69, 9.17) is 10.5 Å². The fourth-order valence-corrected chi connectivity index (χ4v) is 4.55. The first-order chi connectivity index (χ1) is 13.3. The van der Waals surface area contributed by atoms with E-state index in [0.29, 0.717) is 12.4 Å². The standard InChI is InChI=1S/C20H29N5OS/c1-26-11-8-17-24-18-19(15-6-2-3-7-16(15)23-20(18)21)25(17)10-5-4-9-22-14-12-27-13-14/h2-3,6-7,14,17,22,24H,4-5,8-13H2,1H3,(H2,21,23). The minimum Gasteiger partial charge on any atom is -0.385 e. The van der Waals surface area contributed by atoms with E-state index in [2.05, 4.69) is 32.7 Å². The average molecular weight is 388 g/mol. The number of anilines is 3. The van der Waals surface area contributed by atoms with Crippen molar-refractivity contribution in [2.24, 2.45) is 0 Å². The lowest BCUT2D eigenvalue weighted by Gasteiger charge is -2.28. The number of nitrogen functional groups attached to an aromatic ring is 1. The van der Waals surface area contributed by atoms with Gasteiger partial charge in [-0.1, -0.05) is 18.2 Å². The predicted molar refractivity (Wildman–Crippen MR) is 116 cm³/mol. The van der Waals surface area contributed by atoms with Crippen LogP contribution in [0.2, 0.25) is 0 Å². The molecule has 7 heteroatoms. The first-order valence-corrected chi connectivity index (χ1v) is 10.9. The van der Waals surface area contributed by atoms with Gasteiger partial charge in [0.2, 0.25) is 0 Å². The molecular weight excluding hydrogens is 358 g/mol. The van der Waals surface area contributed by atoms with Gasteiger partial charge < -0.3 is 26.0 Å². The van der Waals surface area contributed by atoms with Crippen LogP contribution in [0.15, 0.2) is 24.3 Å².